The highest BCUT2D eigenvalue weighted by Crippen LogP contribution is 2.17. The highest BCUT2D eigenvalue weighted by Gasteiger charge is 2.35. The van der Waals surface area contributed by atoms with Crippen molar-refractivity contribution in [3.63, 3.8) is 0 Å². The Balaban J connectivity index is 1.65. The molecule has 1 heterocycles. The third kappa shape index (κ3) is 10.6. The molecule has 0 bridgehead atoms. The first kappa shape index (κ1) is 31.5. The van der Waals surface area contributed by atoms with E-state index < -0.39 is 73.3 Å². The summed E-state index contributed by atoms with van der Waals surface area (Å²) in [5, 5.41) is 18.2. The molecule has 15 heteroatoms. The van der Waals surface area contributed by atoms with Crippen molar-refractivity contribution in [1.82, 2.24) is 31.1 Å². The highest BCUT2D eigenvalue weighted by atomic mass is 16.5. The van der Waals surface area contributed by atoms with Gasteiger partial charge in [-0.1, -0.05) is 30.3 Å². The summed E-state index contributed by atoms with van der Waals surface area (Å²) in [6.07, 6.45) is 0.119. The van der Waals surface area contributed by atoms with E-state index in [9.17, 15) is 33.6 Å². The molecule has 1 fully saturated rings. The number of hydrogen-bond donors (Lipinski definition) is 5. The lowest BCUT2D eigenvalue weighted by atomic mass is 10.2. The highest BCUT2D eigenvalue weighted by molar-refractivity contribution is 5.93. The summed E-state index contributed by atoms with van der Waals surface area (Å²) in [5.41, 5.74) is 0.779. The first-order chi connectivity index (χ1) is 19.0. The lowest BCUT2D eigenvalue weighted by Gasteiger charge is -2.25. The Labute approximate surface area is 230 Å². The number of hydrogen-bond acceptors (Lipinski definition) is 8. The fraction of sp³-hybridized carbons (Fsp3) is 0.480. The summed E-state index contributed by atoms with van der Waals surface area (Å²) < 4.78 is 5.00. The van der Waals surface area contributed by atoms with E-state index in [0.29, 0.717) is 12.8 Å². The molecule has 0 saturated carbocycles. The van der Waals surface area contributed by atoms with Crippen LogP contribution in [0, 0.1) is 0 Å². The zero-order chi connectivity index (χ0) is 29.7. The zero-order valence-corrected chi connectivity index (χ0v) is 22.3. The number of rotatable bonds is 13. The number of carboxylic acid groups (broad SMARTS) is 1. The molecule has 0 spiro atoms. The van der Waals surface area contributed by atoms with E-state index in [4.69, 9.17) is 9.84 Å². The maximum absolute atomic E-state index is 12.5. The monoisotopic (exact) mass is 562 g/mol. The molecule has 1 aromatic carbocycles. The smallest absolute Gasteiger partial charge is 0.407 e. The quantitative estimate of drug-likeness (QED) is 0.183. The van der Waals surface area contributed by atoms with Gasteiger partial charge in [0.25, 0.3) is 0 Å². The number of likely N-dealkylation sites (tertiary alicyclic amines) is 1. The number of benzene rings is 1. The largest absolute Gasteiger partial charge is 0.480 e. The Hall–Kier alpha value is -4.69. The van der Waals surface area contributed by atoms with E-state index in [-0.39, 0.29) is 19.7 Å². The average Bonchev–Trinajstić information content (AvgIpc) is 3.43. The third-order valence-corrected chi connectivity index (χ3v) is 5.89. The molecule has 6 amide bonds. The topological polar surface area (TPSA) is 204 Å². The van der Waals surface area contributed by atoms with E-state index in [1.807, 2.05) is 6.07 Å². The molecule has 1 aliphatic rings. The van der Waals surface area contributed by atoms with Crippen LogP contribution in [-0.4, -0.2) is 108 Å². The Bertz CT molecular complexity index is 1100. The summed E-state index contributed by atoms with van der Waals surface area (Å²) in [6.45, 7) is -0.0339. The molecule has 1 saturated heterocycles. The van der Waals surface area contributed by atoms with Crippen molar-refractivity contribution < 1.29 is 43.4 Å². The number of alkyl carbamates (subject to hydrolysis) is 1. The second kappa shape index (κ2) is 15.7. The van der Waals surface area contributed by atoms with Crippen molar-refractivity contribution in [3.05, 3.63) is 35.9 Å². The Morgan fingerprint density at radius 2 is 1.68 bits per heavy atom. The van der Waals surface area contributed by atoms with Crippen molar-refractivity contribution in [2.45, 2.75) is 38.5 Å². The molecule has 0 aliphatic carbocycles. The van der Waals surface area contributed by atoms with E-state index >= 15 is 0 Å². The predicted octanol–water partition coefficient (Wildman–Crippen LogP) is -1.82. The van der Waals surface area contributed by atoms with Crippen LogP contribution >= 0.6 is 0 Å². The van der Waals surface area contributed by atoms with E-state index in [1.165, 1.54) is 18.9 Å². The van der Waals surface area contributed by atoms with Crippen LogP contribution in [0.5, 0.6) is 0 Å². The fourth-order valence-electron chi connectivity index (χ4n) is 3.64. The molecule has 0 unspecified atom stereocenters. The van der Waals surface area contributed by atoms with Gasteiger partial charge in [0.1, 0.15) is 25.2 Å². The van der Waals surface area contributed by atoms with Crippen molar-refractivity contribution in [2.24, 2.45) is 0 Å². The minimum atomic E-state index is -1.20. The maximum atomic E-state index is 12.5. The Morgan fingerprint density at radius 1 is 1.00 bits per heavy atom. The van der Waals surface area contributed by atoms with Gasteiger partial charge in [0.05, 0.1) is 19.6 Å². The first-order valence-electron chi connectivity index (χ1n) is 12.5. The molecule has 15 nitrogen and oxygen atoms in total. The Morgan fingerprint density at radius 3 is 2.35 bits per heavy atom. The van der Waals surface area contributed by atoms with Gasteiger partial charge in [-0.05, 0) is 25.3 Å². The lowest BCUT2D eigenvalue weighted by Crippen LogP contribution is -2.52. The van der Waals surface area contributed by atoms with Gasteiger partial charge in [-0.25, -0.2) is 4.79 Å². The number of carboxylic acids is 1. The van der Waals surface area contributed by atoms with Crippen LogP contribution in [0.1, 0.15) is 25.3 Å². The summed E-state index contributed by atoms with van der Waals surface area (Å²) in [6, 6.07) is 7.02. The number of carbonyl (C=O) groups is 7. The van der Waals surface area contributed by atoms with Crippen LogP contribution in [0.3, 0.4) is 0 Å². The third-order valence-electron chi connectivity index (χ3n) is 5.89. The molecule has 2 rings (SSSR count). The predicted molar refractivity (Wildman–Crippen MR) is 138 cm³/mol. The van der Waals surface area contributed by atoms with Crippen LogP contribution < -0.4 is 21.3 Å². The second-order valence-electron chi connectivity index (χ2n) is 9.03. The van der Waals surface area contributed by atoms with Crippen LogP contribution in [-0.2, 0) is 40.1 Å². The van der Waals surface area contributed by atoms with Gasteiger partial charge in [-0.2, -0.15) is 0 Å². The number of amides is 6. The molecule has 1 aromatic rings. The number of ether oxygens (including phenoxy) is 1. The van der Waals surface area contributed by atoms with Gasteiger partial charge in [0, 0.05) is 13.6 Å². The lowest BCUT2D eigenvalue weighted by molar-refractivity contribution is -0.143. The first-order valence-corrected chi connectivity index (χ1v) is 12.5. The maximum Gasteiger partial charge on any atom is 0.407 e. The van der Waals surface area contributed by atoms with Crippen molar-refractivity contribution in [3.8, 4) is 0 Å². The van der Waals surface area contributed by atoms with Crippen LogP contribution in [0.25, 0.3) is 0 Å². The second-order valence-corrected chi connectivity index (χ2v) is 9.03. The van der Waals surface area contributed by atoms with E-state index in [1.54, 1.807) is 24.3 Å². The summed E-state index contributed by atoms with van der Waals surface area (Å²) >= 11 is 0. The van der Waals surface area contributed by atoms with Crippen LogP contribution in [0.15, 0.2) is 30.3 Å². The molecular weight excluding hydrogens is 528 g/mol. The van der Waals surface area contributed by atoms with Gasteiger partial charge in [-0.3, -0.25) is 28.8 Å². The summed E-state index contributed by atoms with van der Waals surface area (Å²) in [4.78, 5) is 86.2. The average molecular weight is 563 g/mol. The number of nitrogens with zero attached hydrogens (tertiary/aromatic N) is 2. The van der Waals surface area contributed by atoms with E-state index in [2.05, 4.69) is 21.3 Å². The zero-order valence-electron chi connectivity index (χ0n) is 22.3. The van der Waals surface area contributed by atoms with Crippen molar-refractivity contribution >= 4 is 41.6 Å². The van der Waals surface area contributed by atoms with Gasteiger partial charge in [0.15, 0.2) is 0 Å². The van der Waals surface area contributed by atoms with Crippen LogP contribution in [0.2, 0.25) is 0 Å². The summed E-state index contributed by atoms with van der Waals surface area (Å²) in [7, 11) is 1.34. The van der Waals surface area contributed by atoms with Gasteiger partial charge >= 0.3 is 12.1 Å². The van der Waals surface area contributed by atoms with Gasteiger partial charge in [0.2, 0.25) is 29.5 Å². The summed E-state index contributed by atoms with van der Waals surface area (Å²) in [5.74, 6) is -4.20. The molecular formula is C25H34N6O9. The van der Waals surface area contributed by atoms with E-state index in [0.717, 1.165) is 10.5 Å². The standard InChI is InChI=1S/C25H34N6O9/c1-16(24(37)38)29-23(36)18-9-6-10-31(18)22(35)13-27-19(32)11-26-20(33)14-30(2)21(34)12-28-25(39)40-15-17-7-4-3-5-8-17/h3-5,7-8,16,18H,6,9-15H2,1-2H3,(H,26,33)(H,27,32)(H,28,39)(H,29,36)(H,37,38)/t16-,18-/m0/s1. The van der Waals surface area contributed by atoms with Crippen molar-refractivity contribution in [1.29, 1.82) is 0 Å². The molecule has 1 aliphatic heterocycles. The molecule has 0 aromatic heterocycles. The van der Waals surface area contributed by atoms with Crippen LogP contribution in [0.4, 0.5) is 4.79 Å². The van der Waals surface area contributed by atoms with Gasteiger partial charge in [-0.15, -0.1) is 0 Å². The molecule has 5 N–H and O–H groups in total. The van der Waals surface area contributed by atoms with Crippen molar-refractivity contribution in [2.75, 3.05) is 39.8 Å². The molecule has 218 valence electrons. The minimum absolute atomic E-state index is 0.0345. The molecule has 0 radical (unpaired) electrons. The molecule has 2 atom stereocenters. The fourth-order valence-corrected chi connectivity index (χ4v) is 3.64. The number of nitrogens with one attached hydrogen (secondary N) is 4. The van der Waals surface area contributed by atoms with Gasteiger partial charge < -0.3 is 40.9 Å². The Kier molecular flexibility index (Phi) is 12.3. The molecule has 40 heavy (non-hydrogen) atoms. The number of carbonyl (C=O) groups excluding carboxylic acids is 6. The minimum Gasteiger partial charge on any atom is -0.480 e. The normalized spacial score (nSPS) is 14.8. The number of aliphatic carboxylic acids is 1. The SMILES string of the molecule is C[C@H](NC(=O)[C@@H]1CCCN1C(=O)CNC(=O)CNC(=O)CN(C)C(=O)CNC(=O)OCc1ccccc1)C(=O)O. The number of likely N-dealkylation sites (N-methyl/N-ethyl adjacent to an activating group) is 1.